The molecule has 1 amide bonds. The van der Waals surface area contributed by atoms with Gasteiger partial charge in [-0.1, -0.05) is 11.6 Å². The predicted octanol–water partition coefficient (Wildman–Crippen LogP) is 4.54. The molecule has 0 unspecified atom stereocenters. The van der Waals surface area contributed by atoms with E-state index in [-0.39, 0.29) is 5.91 Å². The molecular weight excluding hydrogens is 334 g/mol. The van der Waals surface area contributed by atoms with Gasteiger partial charge in [0, 0.05) is 17.1 Å². The van der Waals surface area contributed by atoms with Crippen molar-refractivity contribution in [2.75, 3.05) is 5.32 Å². The van der Waals surface area contributed by atoms with E-state index in [4.69, 9.17) is 16.3 Å². The summed E-state index contributed by atoms with van der Waals surface area (Å²) in [7, 11) is 0. The molecule has 2 heterocycles. The normalized spacial score (nSPS) is 10.3. The van der Waals surface area contributed by atoms with Crippen LogP contribution in [0.2, 0.25) is 5.15 Å². The number of nitrogens with one attached hydrogen (secondary N) is 1. The zero-order valence-corrected chi connectivity index (χ0v) is 13.7. The van der Waals surface area contributed by atoms with Gasteiger partial charge >= 0.3 is 0 Å². The second-order valence-corrected chi connectivity index (χ2v) is 5.84. The number of carbonyl (C=O) groups is 1. The van der Waals surface area contributed by atoms with Gasteiger partial charge in [0.25, 0.3) is 5.91 Å². The summed E-state index contributed by atoms with van der Waals surface area (Å²) >= 11 is 7.35. The lowest BCUT2D eigenvalue weighted by atomic mass is 10.2. The van der Waals surface area contributed by atoms with Crippen LogP contribution in [0.15, 0.2) is 47.2 Å². The highest BCUT2D eigenvalue weighted by molar-refractivity contribution is 7.08. The number of nitrogens with zero attached hydrogens (tertiary/aromatic N) is 2. The van der Waals surface area contributed by atoms with Gasteiger partial charge in [-0.15, -0.1) is 0 Å². The molecule has 7 heteroatoms. The molecule has 0 saturated heterocycles. The highest BCUT2D eigenvalue weighted by atomic mass is 35.5. The van der Waals surface area contributed by atoms with Crippen LogP contribution in [0.25, 0.3) is 0 Å². The van der Waals surface area contributed by atoms with Crippen LogP contribution in [-0.2, 0) is 0 Å². The van der Waals surface area contributed by atoms with Crippen molar-refractivity contribution in [3.63, 3.8) is 0 Å². The van der Waals surface area contributed by atoms with Crippen LogP contribution in [0.3, 0.4) is 0 Å². The quantitative estimate of drug-likeness (QED) is 0.705. The number of hydrogen-bond acceptors (Lipinski definition) is 5. The van der Waals surface area contributed by atoms with Gasteiger partial charge in [0.15, 0.2) is 0 Å². The van der Waals surface area contributed by atoms with Crippen molar-refractivity contribution in [3.05, 3.63) is 63.7 Å². The zero-order valence-electron chi connectivity index (χ0n) is 12.1. The SMILES string of the molecule is Cc1nc(Cl)cc(Oc2ccc(NC(=O)c3ccsc3)cc2)n1. The molecule has 0 bridgehead atoms. The van der Waals surface area contributed by atoms with Gasteiger partial charge in [0.1, 0.15) is 16.7 Å². The van der Waals surface area contributed by atoms with Crippen LogP contribution in [-0.4, -0.2) is 15.9 Å². The van der Waals surface area contributed by atoms with Gasteiger partial charge < -0.3 is 10.1 Å². The molecule has 0 atom stereocenters. The molecule has 3 aromatic rings. The van der Waals surface area contributed by atoms with E-state index in [9.17, 15) is 4.79 Å². The average molecular weight is 346 g/mol. The Morgan fingerprint density at radius 2 is 2.00 bits per heavy atom. The summed E-state index contributed by atoms with van der Waals surface area (Å²) in [5, 5.41) is 6.81. The van der Waals surface area contributed by atoms with Gasteiger partial charge in [-0.3, -0.25) is 4.79 Å². The summed E-state index contributed by atoms with van der Waals surface area (Å²) in [6, 6.07) is 10.3. The van der Waals surface area contributed by atoms with Gasteiger partial charge in [0.2, 0.25) is 5.88 Å². The Morgan fingerprint density at radius 3 is 2.65 bits per heavy atom. The maximum Gasteiger partial charge on any atom is 0.256 e. The summed E-state index contributed by atoms with van der Waals surface area (Å²) in [6.45, 7) is 1.74. The van der Waals surface area contributed by atoms with E-state index in [0.717, 1.165) is 0 Å². The summed E-state index contributed by atoms with van der Waals surface area (Å²) < 4.78 is 5.63. The largest absolute Gasteiger partial charge is 0.439 e. The van der Waals surface area contributed by atoms with Crippen molar-refractivity contribution >= 4 is 34.5 Å². The number of amides is 1. The maximum absolute atomic E-state index is 12.0. The van der Waals surface area contributed by atoms with Crippen molar-refractivity contribution in [1.82, 2.24) is 9.97 Å². The van der Waals surface area contributed by atoms with E-state index in [1.807, 2.05) is 5.38 Å². The van der Waals surface area contributed by atoms with Crippen LogP contribution >= 0.6 is 22.9 Å². The Balaban J connectivity index is 1.68. The Bertz CT molecular complexity index is 800. The fourth-order valence-electron chi connectivity index (χ4n) is 1.88. The van der Waals surface area contributed by atoms with Gasteiger partial charge in [-0.25, -0.2) is 4.98 Å². The lowest BCUT2D eigenvalue weighted by Gasteiger charge is -2.07. The molecule has 0 aliphatic rings. The van der Waals surface area contributed by atoms with Gasteiger partial charge in [-0.05, 0) is 42.6 Å². The second-order valence-electron chi connectivity index (χ2n) is 4.67. The summed E-state index contributed by atoms with van der Waals surface area (Å²) in [5.41, 5.74) is 1.33. The molecule has 0 saturated carbocycles. The van der Waals surface area contributed by atoms with E-state index in [1.54, 1.807) is 48.7 Å². The molecule has 23 heavy (non-hydrogen) atoms. The number of carbonyl (C=O) groups excluding carboxylic acids is 1. The lowest BCUT2D eigenvalue weighted by Crippen LogP contribution is -2.10. The van der Waals surface area contributed by atoms with Gasteiger partial charge in [-0.2, -0.15) is 16.3 Å². The molecule has 116 valence electrons. The van der Waals surface area contributed by atoms with Crippen molar-refractivity contribution < 1.29 is 9.53 Å². The number of ether oxygens (including phenoxy) is 1. The number of thiophene rings is 1. The van der Waals surface area contributed by atoms with Crippen LogP contribution < -0.4 is 10.1 Å². The second kappa shape index (κ2) is 6.76. The number of aryl methyl sites for hydroxylation is 1. The third kappa shape index (κ3) is 4.06. The fraction of sp³-hybridized carbons (Fsp3) is 0.0625. The average Bonchev–Trinajstić information content (AvgIpc) is 3.02. The van der Waals surface area contributed by atoms with E-state index < -0.39 is 0 Å². The third-order valence-corrected chi connectivity index (χ3v) is 3.78. The smallest absolute Gasteiger partial charge is 0.256 e. The minimum absolute atomic E-state index is 0.141. The first-order valence-corrected chi connectivity index (χ1v) is 8.05. The number of hydrogen-bond donors (Lipinski definition) is 1. The molecule has 1 N–H and O–H groups in total. The van der Waals surface area contributed by atoms with Crippen LogP contribution in [0.1, 0.15) is 16.2 Å². The standard InChI is InChI=1S/C16H12ClN3O2S/c1-10-18-14(17)8-15(19-10)22-13-4-2-12(3-5-13)20-16(21)11-6-7-23-9-11/h2-9H,1H3,(H,20,21). The number of rotatable bonds is 4. The zero-order chi connectivity index (χ0) is 16.2. The molecule has 1 aromatic carbocycles. The molecule has 0 aliphatic heterocycles. The maximum atomic E-state index is 12.0. The Kier molecular flexibility index (Phi) is 4.55. The predicted molar refractivity (Wildman–Crippen MR) is 90.6 cm³/mol. The topological polar surface area (TPSA) is 64.1 Å². The van der Waals surface area contributed by atoms with E-state index in [1.165, 1.54) is 11.3 Å². The highest BCUT2D eigenvalue weighted by Crippen LogP contribution is 2.23. The lowest BCUT2D eigenvalue weighted by molar-refractivity contribution is 0.102. The molecule has 3 rings (SSSR count). The molecule has 0 radical (unpaired) electrons. The molecule has 0 fully saturated rings. The number of anilines is 1. The van der Waals surface area contributed by atoms with Crippen molar-refractivity contribution in [3.8, 4) is 11.6 Å². The Labute approximate surface area is 141 Å². The summed E-state index contributed by atoms with van der Waals surface area (Å²) in [4.78, 5) is 20.1. The first-order chi connectivity index (χ1) is 11.1. The van der Waals surface area contributed by atoms with Gasteiger partial charge in [0.05, 0.1) is 5.56 Å². The highest BCUT2D eigenvalue weighted by Gasteiger charge is 2.07. The minimum Gasteiger partial charge on any atom is -0.439 e. The summed E-state index contributed by atoms with van der Waals surface area (Å²) in [5.74, 6) is 1.36. The minimum atomic E-state index is -0.141. The third-order valence-electron chi connectivity index (χ3n) is 2.90. The van der Waals surface area contributed by atoms with Crippen LogP contribution in [0.5, 0.6) is 11.6 Å². The first kappa shape index (κ1) is 15.5. The number of benzene rings is 1. The van der Waals surface area contributed by atoms with E-state index in [2.05, 4.69) is 15.3 Å². The molecule has 0 spiro atoms. The Morgan fingerprint density at radius 1 is 1.22 bits per heavy atom. The number of aromatic nitrogens is 2. The fourth-order valence-corrected chi connectivity index (χ4v) is 2.73. The van der Waals surface area contributed by atoms with Crippen molar-refractivity contribution in [2.45, 2.75) is 6.92 Å². The molecular formula is C16H12ClN3O2S. The number of halogens is 1. The monoisotopic (exact) mass is 345 g/mol. The molecule has 0 aliphatic carbocycles. The van der Waals surface area contributed by atoms with Crippen molar-refractivity contribution in [1.29, 1.82) is 0 Å². The molecule has 5 nitrogen and oxygen atoms in total. The van der Waals surface area contributed by atoms with Crippen LogP contribution in [0, 0.1) is 6.92 Å². The van der Waals surface area contributed by atoms with E-state index in [0.29, 0.717) is 33.9 Å². The van der Waals surface area contributed by atoms with Crippen molar-refractivity contribution in [2.24, 2.45) is 0 Å². The van der Waals surface area contributed by atoms with E-state index >= 15 is 0 Å². The van der Waals surface area contributed by atoms with Crippen LogP contribution in [0.4, 0.5) is 5.69 Å². The Hall–Kier alpha value is -2.44. The molecule has 2 aromatic heterocycles. The first-order valence-electron chi connectivity index (χ1n) is 6.73. The summed E-state index contributed by atoms with van der Waals surface area (Å²) in [6.07, 6.45) is 0.